The summed E-state index contributed by atoms with van der Waals surface area (Å²) in [7, 11) is -7.88. The molecule has 7 atom stereocenters. The molecule has 3 saturated heterocycles. The minimum atomic E-state index is -4.25. The van der Waals surface area contributed by atoms with E-state index >= 15 is 0 Å². The van der Waals surface area contributed by atoms with Gasteiger partial charge in [-0.25, -0.2) is 13.7 Å². The second kappa shape index (κ2) is 22.4. The minimum Gasteiger partial charge on any atom is -0.321 e. The van der Waals surface area contributed by atoms with Crippen LogP contribution in [0.4, 0.5) is 0 Å². The summed E-state index contributed by atoms with van der Waals surface area (Å²) in [6, 6.07) is 0. The van der Waals surface area contributed by atoms with E-state index < -0.39 is 66.6 Å². The molecule has 0 spiro atoms. The van der Waals surface area contributed by atoms with E-state index in [9.17, 15) is 13.7 Å². The molecule has 15 nitrogen and oxygen atoms in total. The van der Waals surface area contributed by atoms with Crippen LogP contribution in [-0.2, 0) is 68.6 Å². The van der Waals surface area contributed by atoms with E-state index in [1.807, 2.05) is 0 Å². The van der Waals surface area contributed by atoms with Gasteiger partial charge in [0, 0.05) is 28.4 Å². The molecule has 4 aliphatic rings. The lowest BCUT2D eigenvalue weighted by molar-refractivity contribution is -0.476. The number of unbranched alkanes of at least 4 members (excludes halogenated alkanes) is 14. The maximum atomic E-state index is 14.3. The molecule has 4 bridgehead atoms. The van der Waals surface area contributed by atoms with Gasteiger partial charge in [-0.1, -0.05) is 104 Å². The summed E-state index contributed by atoms with van der Waals surface area (Å²) >= 11 is 0. The van der Waals surface area contributed by atoms with E-state index in [0.717, 1.165) is 67.0 Å². The van der Waals surface area contributed by atoms with Crippen LogP contribution < -0.4 is 0 Å². The third-order valence-electron chi connectivity index (χ3n) is 8.89. The fraction of sp³-hybridized carbons (Fsp3) is 1.00. The van der Waals surface area contributed by atoms with Crippen LogP contribution in [0.2, 0.25) is 0 Å². The highest BCUT2D eigenvalue weighted by atomic mass is 31.2. The first-order chi connectivity index (χ1) is 23.6. The van der Waals surface area contributed by atoms with Crippen LogP contribution in [0.5, 0.6) is 0 Å². The number of phosphoric ester groups is 3. The fourth-order valence-electron chi connectivity index (χ4n) is 6.12. The summed E-state index contributed by atoms with van der Waals surface area (Å²) in [5.41, 5.74) is 0. The van der Waals surface area contributed by atoms with E-state index in [1.165, 1.54) is 51.4 Å². The first-order valence-corrected chi connectivity index (χ1v) is 22.3. The smallest absolute Gasteiger partial charge is 0.321 e. The predicted octanol–water partition coefficient (Wildman–Crippen LogP) is 8.85. The van der Waals surface area contributed by atoms with E-state index in [1.54, 1.807) is 0 Å². The molecule has 4 fully saturated rings. The molecule has 3 unspecified atom stereocenters. The summed E-state index contributed by atoms with van der Waals surface area (Å²) in [5, 5.41) is 0. The van der Waals surface area contributed by atoms with Crippen LogP contribution in [0.3, 0.4) is 0 Å². The number of rotatable bonds is 30. The van der Waals surface area contributed by atoms with E-state index in [-0.39, 0.29) is 13.2 Å². The molecule has 0 aromatic heterocycles. The normalized spacial score (nSPS) is 26.9. The SMILES string of the molecule is CCCCCCCCCCOP(=O)(OCCCCCCCCCC)OC1[C@H]2OC3OC([C@H]2OP(=O)(OC)OC)[C@H](OP(=O)(OC)OC)[C@H]1O3. The van der Waals surface area contributed by atoms with Crippen molar-refractivity contribution in [2.24, 2.45) is 0 Å². The zero-order valence-electron chi connectivity index (χ0n) is 30.2. The van der Waals surface area contributed by atoms with Gasteiger partial charge in [-0.05, 0) is 12.8 Å². The average molecular weight is 767 g/mol. The van der Waals surface area contributed by atoms with Crippen LogP contribution in [0.15, 0.2) is 0 Å². The van der Waals surface area contributed by atoms with Crippen molar-refractivity contribution in [1.82, 2.24) is 0 Å². The quantitative estimate of drug-likeness (QED) is 0.0503. The molecule has 0 N–H and O–H groups in total. The summed E-state index contributed by atoms with van der Waals surface area (Å²) in [6.45, 7) is 3.49. The topological polar surface area (TPSA) is 162 Å². The summed E-state index contributed by atoms with van der Waals surface area (Å²) < 4.78 is 108. The molecule has 18 heteroatoms. The molecule has 49 heavy (non-hydrogen) atoms. The Hall–Kier alpha value is 0.210. The molecule has 0 aromatic carbocycles. The first kappa shape index (κ1) is 43.6. The lowest BCUT2D eigenvalue weighted by atomic mass is 9.83. The predicted molar refractivity (Wildman–Crippen MR) is 181 cm³/mol. The van der Waals surface area contributed by atoms with Crippen molar-refractivity contribution < 1.29 is 68.6 Å². The Kier molecular flexibility index (Phi) is 20.0. The van der Waals surface area contributed by atoms with Gasteiger partial charge in [0.05, 0.1) is 13.2 Å². The Labute approximate surface area is 293 Å². The first-order valence-electron chi connectivity index (χ1n) is 17.9. The van der Waals surface area contributed by atoms with Gasteiger partial charge in [-0.15, -0.1) is 0 Å². The molecule has 3 aliphatic heterocycles. The standard InChI is InChI=1S/C31H61O15P3/c1-7-9-11-13-15-17-19-21-23-39-49(34,40-24-22-20-18-16-14-12-10-8-2)46-30-26-28(44-47(32,35-3)36-4)25-29(45-48(33,37-5)38-6)27(30)43-31(41-25)42-26/h25-31H,7-24H2,1-6H3/t25?,26-,27+,28+,29-,30?,31?. The van der Waals surface area contributed by atoms with Crippen LogP contribution >= 0.6 is 23.5 Å². The van der Waals surface area contributed by atoms with Crippen LogP contribution in [-0.4, -0.2) is 84.8 Å². The van der Waals surface area contributed by atoms with Gasteiger partial charge in [0.15, 0.2) is 0 Å². The van der Waals surface area contributed by atoms with E-state index in [0.29, 0.717) is 12.8 Å². The van der Waals surface area contributed by atoms with Crippen molar-refractivity contribution in [3.05, 3.63) is 0 Å². The highest BCUT2D eigenvalue weighted by Gasteiger charge is 2.67. The summed E-state index contributed by atoms with van der Waals surface area (Å²) in [4.78, 5) is 0. The second-order valence-corrected chi connectivity index (χ2v) is 17.8. The molecule has 4 rings (SSSR count). The van der Waals surface area contributed by atoms with Gasteiger partial charge in [0.2, 0.25) is 0 Å². The van der Waals surface area contributed by atoms with Crippen LogP contribution in [0.25, 0.3) is 0 Å². The number of phosphoric acid groups is 3. The maximum absolute atomic E-state index is 14.3. The molecule has 1 aliphatic carbocycles. The van der Waals surface area contributed by atoms with Gasteiger partial charge in [0.1, 0.15) is 36.6 Å². The van der Waals surface area contributed by atoms with E-state index in [4.69, 9.17) is 54.9 Å². The molecule has 290 valence electrons. The molecule has 0 radical (unpaired) electrons. The van der Waals surface area contributed by atoms with Crippen molar-refractivity contribution in [2.75, 3.05) is 41.7 Å². The number of ether oxygens (including phenoxy) is 3. The van der Waals surface area contributed by atoms with Gasteiger partial charge < -0.3 is 14.2 Å². The summed E-state index contributed by atoms with van der Waals surface area (Å²) in [5.74, 6) is 0. The number of hydrogen-bond acceptors (Lipinski definition) is 15. The molecular formula is C31H61O15P3. The Morgan fingerprint density at radius 3 is 1.02 bits per heavy atom. The Morgan fingerprint density at radius 1 is 0.429 bits per heavy atom. The summed E-state index contributed by atoms with van der Waals surface area (Å²) in [6.07, 6.45) is 10.3. The molecular weight excluding hydrogens is 705 g/mol. The molecule has 0 aromatic rings. The average Bonchev–Trinajstić information content (AvgIpc) is 3.10. The lowest BCUT2D eigenvalue weighted by Gasteiger charge is -2.58. The lowest BCUT2D eigenvalue weighted by Crippen LogP contribution is -2.76. The van der Waals surface area contributed by atoms with Crippen molar-refractivity contribution in [1.29, 1.82) is 0 Å². The Morgan fingerprint density at radius 2 is 0.714 bits per heavy atom. The highest BCUT2D eigenvalue weighted by molar-refractivity contribution is 7.49. The zero-order chi connectivity index (χ0) is 35.8. The third kappa shape index (κ3) is 13.5. The Balaban J connectivity index is 1.75. The van der Waals surface area contributed by atoms with Gasteiger partial charge in [0.25, 0.3) is 6.48 Å². The Bertz CT molecular complexity index is 979. The monoisotopic (exact) mass is 766 g/mol. The van der Waals surface area contributed by atoms with Gasteiger partial charge in [-0.2, -0.15) is 0 Å². The van der Waals surface area contributed by atoms with Crippen molar-refractivity contribution in [3.63, 3.8) is 0 Å². The van der Waals surface area contributed by atoms with Crippen molar-refractivity contribution in [2.45, 2.75) is 160 Å². The third-order valence-corrected chi connectivity index (χ3v) is 13.2. The number of hydrogen-bond donors (Lipinski definition) is 0. The highest BCUT2D eigenvalue weighted by Crippen LogP contribution is 2.60. The van der Waals surface area contributed by atoms with Crippen molar-refractivity contribution >= 4 is 23.5 Å². The van der Waals surface area contributed by atoms with Crippen LogP contribution in [0.1, 0.15) is 117 Å². The molecule has 3 heterocycles. The van der Waals surface area contributed by atoms with Crippen molar-refractivity contribution in [3.8, 4) is 0 Å². The van der Waals surface area contributed by atoms with E-state index in [2.05, 4.69) is 13.8 Å². The van der Waals surface area contributed by atoms with Gasteiger partial charge >= 0.3 is 23.5 Å². The van der Waals surface area contributed by atoms with Crippen LogP contribution in [0, 0.1) is 0 Å². The fourth-order valence-corrected chi connectivity index (χ4v) is 9.28. The minimum absolute atomic E-state index is 0.146. The molecule has 1 saturated carbocycles. The van der Waals surface area contributed by atoms with Gasteiger partial charge in [-0.3, -0.25) is 40.7 Å². The largest absolute Gasteiger partial charge is 0.475 e. The molecule has 0 amide bonds. The maximum Gasteiger partial charge on any atom is 0.475 e. The zero-order valence-corrected chi connectivity index (χ0v) is 32.9. The second-order valence-electron chi connectivity index (χ2n) is 12.5.